The van der Waals surface area contributed by atoms with E-state index >= 15 is 0 Å². The molecule has 23 heavy (non-hydrogen) atoms. The summed E-state index contributed by atoms with van der Waals surface area (Å²) in [5.41, 5.74) is 1.62. The maximum absolute atomic E-state index is 12.8. The second-order valence-electron chi connectivity index (χ2n) is 5.06. The Morgan fingerprint density at radius 1 is 1.13 bits per heavy atom. The minimum Gasteiger partial charge on any atom is -0.420 e. The summed E-state index contributed by atoms with van der Waals surface area (Å²) in [6.45, 7) is 3.61. The van der Waals surface area contributed by atoms with Crippen LogP contribution in [0, 0.1) is 13.8 Å². The molecule has 0 saturated carbocycles. The fourth-order valence-corrected chi connectivity index (χ4v) is 4.65. The van der Waals surface area contributed by atoms with Gasteiger partial charge in [0.25, 0.3) is 15.9 Å². The molecular formula is C15H15N3O3S2. The zero-order chi connectivity index (χ0) is 16.6. The monoisotopic (exact) mass is 349 g/mol. The molecule has 0 amide bonds. The first-order valence-electron chi connectivity index (χ1n) is 6.84. The number of anilines is 1. The Labute approximate surface area is 138 Å². The van der Waals surface area contributed by atoms with Crippen LogP contribution in [0.1, 0.15) is 11.5 Å². The summed E-state index contributed by atoms with van der Waals surface area (Å²) in [6, 6.07) is 10.6. The predicted octanol–water partition coefficient (Wildman–Crippen LogP) is 3.24. The van der Waals surface area contributed by atoms with E-state index in [0.717, 1.165) is 16.9 Å². The Bertz CT molecular complexity index is 944. The van der Waals surface area contributed by atoms with E-state index in [9.17, 15) is 8.42 Å². The molecule has 0 aliphatic carbocycles. The van der Waals surface area contributed by atoms with Crippen molar-refractivity contribution in [3.05, 3.63) is 47.9 Å². The van der Waals surface area contributed by atoms with Gasteiger partial charge < -0.3 is 4.42 Å². The van der Waals surface area contributed by atoms with Gasteiger partial charge >= 0.3 is 0 Å². The molecule has 120 valence electrons. The van der Waals surface area contributed by atoms with Crippen LogP contribution in [0.5, 0.6) is 0 Å². The number of aromatic nitrogens is 2. The first-order valence-corrected chi connectivity index (χ1v) is 9.09. The molecule has 0 N–H and O–H groups in total. The van der Waals surface area contributed by atoms with Crippen LogP contribution in [0.25, 0.3) is 10.8 Å². The molecule has 3 aromatic rings. The van der Waals surface area contributed by atoms with Crippen LogP contribution in [0.15, 0.2) is 45.0 Å². The third-order valence-electron chi connectivity index (χ3n) is 3.30. The highest BCUT2D eigenvalue weighted by Gasteiger charge is 2.24. The lowest BCUT2D eigenvalue weighted by atomic mass is 10.2. The minimum atomic E-state index is -3.63. The third-order valence-corrected chi connectivity index (χ3v) is 6.62. The van der Waals surface area contributed by atoms with Crippen LogP contribution in [-0.4, -0.2) is 25.7 Å². The van der Waals surface area contributed by atoms with E-state index in [1.165, 1.54) is 4.31 Å². The van der Waals surface area contributed by atoms with Crippen molar-refractivity contribution in [3.8, 4) is 10.8 Å². The summed E-state index contributed by atoms with van der Waals surface area (Å²) in [5.74, 6) is 0.766. The SMILES string of the molecule is Cc1cccc(N(C)S(=O)(=O)c2ccc(-c3nnc(C)o3)s2)c1. The molecule has 0 atom stereocenters. The van der Waals surface area contributed by atoms with Gasteiger partial charge in [-0.25, -0.2) is 8.42 Å². The van der Waals surface area contributed by atoms with Gasteiger partial charge in [0, 0.05) is 14.0 Å². The molecule has 1 aromatic carbocycles. The smallest absolute Gasteiger partial charge is 0.273 e. The van der Waals surface area contributed by atoms with E-state index in [2.05, 4.69) is 10.2 Å². The second kappa shape index (κ2) is 5.78. The highest BCUT2D eigenvalue weighted by atomic mass is 32.2. The van der Waals surface area contributed by atoms with Crippen molar-refractivity contribution in [2.45, 2.75) is 18.1 Å². The van der Waals surface area contributed by atoms with Crippen LogP contribution >= 0.6 is 11.3 Å². The summed E-state index contributed by atoms with van der Waals surface area (Å²) >= 11 is 1.11. The number of nitrogens with zero attached hydrogens (tertiary/aromatic N) is 3. The van der Waals surface area contributed by atoms with E-state index in [1.54, 1.807) is 32.2 Å². The van der Waals surface area contributed by atoms with E-state index < -0.39 is 10.0 Å². The molecule has 2 aromatic heterocycles. The van der Waals surface area contributed by atoms with Gasteiger partial charge in [-0.15, -0.1) is 21.5 Å². The van der Waals surface area contributed by atoms with Gasteiger partial charge in [-0.1, -0.05) is 12.1 Å². The normalized spacial score (nSPS) is 11.6. The molecular weight excluding hydrogens is 334 g/mol. The fourth-order valence-electron chi connectivity index (χ4n) is 2.07. The lowest BCUT2D eigenvalue weighted by Crippen LogP contribution is -2.25. The van der Waals surface area contributed by atoms with E-state index in [0.29, 0.717) is 22.3 Å². The molecule has 0 aliphatic rings. The lowest BCUT2D eigenvalue weighted by Gasteiger charge is -2.18. The molecule has 0 unspecified atom stereocenters. The molecule has 0 bridgehead atoms. The van der Waals surface area contributed by atoms with Crippen molar-refractivity contribution in [1.29, 1.82) is 0 Å². The first-order chi connectivity index (χ1) is 10.9. The maximum Gasteiger partial charge on any atom is 0.273 e. The molecule has 0 saturated heterocycles. The van der Waals surface area contributed by atoms with Gasteiger partial charge in [0.2, 0.25) is 5.89 Å². The summed E-state index contributed by atoms with van der Waals surface area (Å²) < 4.78 is 32.4. The quantitative estimate of drug-likeness (QED) is 0.723. The van der Waals surface area contributed by atoms with Gasteiger partial charge in [-0.2, -0.15) is 0 Å². The fraction of sp³-hybridized carbons (Fsp3) is 0.200. The van der Waals surface area contributed by atoms with Gasteiger partial charge in [0.1, 0.15) is 4.21 Å². The van der Waals surface area contributed by atoms with Crippen LogP contribution in [0.2, 0.25) is 0 Å². The highest BCUT2D eigenvalue weighted by molar-refractivity contribution is 7.94. The molecule has 2 heterocycles. The first kappa shape index (κ1) is 15.7. The number of sulfonamides is 1. The number of hydrogen-bond acceptors (Lipinski definition) is 6. The summed E-state index contributed by atoms with van der Waals surface area (Å²) in [5, 5.41) is 7.67. The van der Waals surface area contributed by atoms with Gasteiger partial charge in [0.15, 0.2) is 0 Å². The van der Waals surface area contributed by atoms with Crippen molar-refractivity contribution in [1.82, 2.24) is 10.2 Å². The Hall–Kier alpha value is -2.19. The van der Waals surface area contributed by atoms with E-state index in [4.69, 9.17) is 4.42 Å². The number of hydrogen-bond donors (Lipinski definition) is 0. The zero-order valence-corrected chi connectivity index (χ0v) is 14.5. The predicted molar refractivity (Wildman–Crippen MR) is 89.1 cm³/mol. The summed E-state index contributed by atoms with van der Waals surface area (Å²) in [4.78, 5) is 0.627. The molecule has 6 nitrogen and oxygen atoms in total. The molecule has 3 rings (SSSR count). The van der Waals surface area contributed by atoms with Crippen molar-refractivity contribution in [2.24, 2.45) is 0 Å². The van der Waals surface area contributed by atoms with Crippen molar-refractivity contribution < 1.29 is 12.8 Å². The Kier molecular flexibility index (Phi) is 3.95. The van der Waals surface area contributed by atoms with Gasteiger partial charge in [0.05, 0.1) is 10.6 Å². The molecule has 0 radical (unpaired) electrons. The third kappa shape index (κ3) is 2.99. The van der Waals surface area contributed by atoms with Crippen LogP contribution in [0.3, 0.4) is 0 Å². The van der Waals surface area contributed by atoms with Crippen molar-refractivity contribution >= 4 is 27.0 Å². The Balaban J connectivity index is 1.95. The minimum absolute atomic E-state index is 0.229. The van der Waals surface area contributed by atoms with E-state index in [1.807, 2.05) is 25.1 Å². The van der Waals surface area contributed by atoms with Crippen molar-refractivity contribution in [3.63, 3.8) is 0 Å². The lowest BCUT2D eigenvalue weighted by molar-refractivity contribution is 0.534. The van der Waals surface area contributed by atoms with Crippen molar-refractivity contribution in [2.75, 3.05) is 11.4 Å². The largest absolute Gasteiger partial charge is 0.420 e. The highest BCUT2D eigenvalue weighted by Crippen LogP contribution is 2.32. The standard InChI is InChI=1S/C15H15N3O3S2/c1-10-5-4-6-12(9-10)18(3)23(19,20)14-8-7-13(22-14)15-17-16-11(2)21-15/h4-9H,1-3H3. The number of thiophene rings is 1. The van der Waals surface area contributed by atoms with Gasteiger partial charge in [-0.3, -0.25) is 4.31 Å². The topological polar surface area (TPSA) is 76.3 Å². The molecule has 0 spiro atoms. The summed E-state index contributed by atoms with van der Waals surface area (Å²) in [7, 11) is -2.09. The Morgan fingerprint density at radius 3 is 2.57 bits per heavy atom. The van der Waals surface area contributed by atoms with Crippen LogP contribution in [-0.2, 0) is 10.0 Å². The van der Waals surface area contributed by atoms with Gasteiger partial charge in [-0.05, 0) is 36.8 Å². The maximum atomic E-state index is 12.8. The Morgan fingerprint density at radius 2 is 1.91 bits per heavy atom. The number of benzene rings is 1. The van der Waals surface area contributed by atoms with E-state index in [-0.39, 0.29) is 4.21 Å². The average Bonchev–Trinajstić information content (AvgIpc) is 3.15. The molecule has 8 heteroatoms. The average molecular weight is 349 g/mol. The molecule has 0 fully saturated rings. The number of aryl methyl sites for hydroxylation is 2. The van der Waals surface area contributed by atoms with Crippen LogP contribution in [0.4, 0.5) is 5.69 Å². The van der Waals surface area contributed by atoms with Crippen LogP contribution < -0.4 is 4.31 Å². The second-order valence-corrected chi connectivity index (χ2v) is 8.34. The summed E-state index contributed by atoms with van der Waals surface area (Å²) in [6.07, 6.45) is 0. The molecule has 0 aliphatic heterocycles. The zero-order valence-electron chi connectivity index (χ0n) is 12.8. The number of rotatable bonds is 4.